The Morgan fingerprint density at radius 3 is 2.55 bits per heavy atom. The Morgan fingerprint density at radius 2 is 1.81 bits per heavy atom. The lowest BCUT2D eigenvalue weighted by Gasteiger charge is -2.08. The van der Waals surface area contributed by atoms with E-state index in [1.54, 1.807) is 22.9 Å². The van der Waals surface area contributed by atoms with Crippen molar-refractivity contribution in [2.45, 2.75) is 13.8 Å². The zero-order chi connectivity index (χ0) is 21.6. The normalized spacial score (nSPS) is 10.6. The molecular formula is C23H22N4O3S. The maximum atomic E-state index is 12.4. The average Bonchev–Trinajstić information content (AvgIpc) is 3.40. The number of benzene rings is 2. The summed E-state index contributed by atoms with van der Waals surface area (Å²) in [6.07, 6.45) is 0. The third-order valence-corrected chi connectivity index (χ3v) is 5.16. The molecule has 0 aliphatic heterocycles. The number of hydrogen-bond acceptors (Lipinski definition) is 6. The zero-order valence-corrected chi connectivity index (χ0v) is 18.1. The predicted molar refractivity (Wildman–Crippen MR) is 121 cm³/mol. The minimum Gasteiger partial charge on any atom is -0.494 e. The van der Waals surface area contributed by atoms with Crippen molar-refractivity contribution in [1.29, 1.82) is 0 Å². The minimum absolute atomic E-state index is 0.0937. The highest BCUT2D eigenvalue weighted by molar-refractivity contribution is 7.12. The number of amides is 1. The molecule has 1 amide bonds. The molecule has 0 bridgehead atoms. The van der Waals surface area contributed by atoms with E-state index in [-0.39, 0.29) is 12.5 Å². The number of ether oxygens (including phenoxy) is 2. The Bertz CT molecular complexity index is 1150. The Labute approximate surface area is 184 Å². The summed E-state index contributed by atoms with van der Waals surface area (Å²) in [5.74, 6) is 1.74. The van der Waals surface area contributed by atoms with Gasteiger partial charge in [-0.3, -0.25) is 4.79 Å². The van der Waals surface area contributed by atoms with E-state index in [1.165, 1.54) is 11.3 Å². The zero-order valence-electron chi connectivity index (χ0n) is 17.2. The standard InChI is InChI=1S/C23H22N4O3S/c1-3-29-19-11-9-17(10-12-19)20-15-31-23(24-20)27-21(13-16(2)26-27)25-22(28)14-30-18-7-5-4-6-8-18/h4-13,15H,3,14H2,1-2H3,(H,25,28). The number of rotatable bonds is 8. The number of anilines is 1. The summed E-state index contributed by atoms with van der Waals surface area (Å²) in [5.41, 5.74) is 2.59. The molecule has 158 valence electrons. The quantitative estimate of drug-likeness (QED) is 0.434. The predicted octanol–water partition coefficient (Wildman–Crippen LogP) is 4.72. The molecule has 0 aliphatic carbocycles. The van der Waals surface area contributed by atoms with Gasteiger partial charge >= 0.3 is 0 Å². The van der Waals surface area contributed by atoms with Gasteiger partial charge in [-0.05, 0) is 50.2 Å². The Hall–Kier alpha value is -3.65. The summed E-state index contributed by atoms with van der Waals surface area (Å²) < 4.78 is 12.6. The van der Waals surface area contributed by atoms with E-state index in [0.717, 1.165) is 22.7 Å². The van der Waals surface area contributed by atoms with Crippen molar-refractivity contribution in [3.63, 3.8) is 0 Å². The van der Waals surface area contributed by atoms with Crippen molar-refractivity contribution in [2.75, 3.05) is 18.5 Å². The van der Waals surface area contributed by atoms with Crippen LogP contribution in [0, 0.1) is 6.92 Å². The molecule has 31 heavy (non-hydrogen) atoms. The van der Waals surface area contributed by atoms with Crippen molar-refractivity contribution >= 4 is 23.1 Å². The van der Waals surface area contributed by atoms with Crippen LogP contribution in [0.1, 0.15) is 12.6 Å². The van der Waals surface area contributed by atoms with Crippen LogP contribution in [-0.2, 0) is 4.79 Å². The van der Waals surface area contributed by atoms with Gasteiger partial charge in [-0.2, -0.15) is 9.78 Å². The second-order valence-corrected chi connectivity index (χ2v) is 7.54. The molecule has 0 atom stereocenters. The van der Waals surface area contributed by atoms with Crippen LogP contribution in [0.5, 0.6) is 11.5 Å². The van der Waals surface area contributed by atoms with Crippen LogP contribution in [0.25, 0.3) is 16.4 Å². The van der Waals surface area contributed by atoms with E-state index in [2.05, 4.69) is 10.4 Å². The van der Waals surface area contributed by atoms with Gasteiger partial charge in [0.25, 0.3) is 5.91 Å². The molecule has 4 aromatic rings. The maximum absolute atomic E-state index is 12.4. The summed E-state index contributed by atoms with van der Waals surface area (Å²) in [6.45, 7) is 4.36. The third kappa shape index (κ3) is 5.10. The van der Waals surface area contributed by atoms with Crippen molar-refractivity contribution < 1.29 is 14.3 Å². The highest BCUT2D eigenvalue weighted by Crippen LogP contribution is 2.27. The fraction of sp³-hybridized carbons (Fsp3) is 0.174. The van der Waals surface area contributed by atoms with Crippen molar-refractivity contribution in [2.24, 2.45) is 0 Å². The smallest absolute Gasteiger partial charge is 0.263 e. The first kappa shape index (κ1) is 20.6. The van der Waals surface area contributed by atoms with Crippen molar-refractivity contribution in [1.82, 2.24) is 14.8 Å². The first-order valence-electron chi connectivity index (χ1n) is 9.86. The van der Waals surface area contributed by atoms with Gasteiger partial charge in [-0.25, -0.2) is 4.98 Å². The lowest BCUT2D eigenvalue weighted by molar-refractivity contribution is -0.118. The molecule has 7 nitrogen and oxygen atoms in total. The van der Waals surface area contributed by atoms with Gasteiger partial charge in [-0.15, -0.1) is 11.3 Å². The first-order chi connectivity index (χ1) is 15.1. The lowest BCUT2D eigenvalue weighted by Crippen LogP contribution is -2.21. The number of aryl methyl sites for hydroxylation is 1. The summed E-state index contributed by atoms with van der Waals surface area (Å²) in [7, 11) is 0. The van der Waals surface area contributed by atoms with Gasteiger partial charge in [0.2, 0.25) is 5.13 Å². The summed E-state index contributed by atoms with van der Waals surface area (Å²) in [5, 5.41) is 9.97. The van der Waals surface area contributed by atoms with E-state index in [9.17, 15) is 4.79 Å². The minimum atomic E-state index is -0.270. The monoisotopic (exact) mass is 434 g/mol. The Morgan fingerprint density at radius 1 is 1.06 bits per heavy atom. The molecule has 0 aliphatic rings. The summed E-state index contributed by atoms with van der Waals surface area (Å²) in [6, 6.07) is 18.8. The molecule has 0 saturated carbocycles. The number of carbonyl (C=O) groups excluding carboxylic acids is 1. The van der Waals surface area contributed by atoms with Crippen molar-refractivity contribution in [3.05, 3.63) is 71.7 Å². The average molecular weight is 435 g/mol. The molecule has 0 saturated heterocycles. The second kappa shape index (κ2) is 9.44. The molecule has 2 aromatic heterocycles. The largest absolute Gasteiger partial charge is 0.494 e. The van der Waals surface area contributed by atoms with E-state index < -0.39 is 0 Å². The molecule has 1 N–H and O–H groups in total. The molecular weight excluding hydrogens is 412 g/mol. The van der Waals surface area contributed by atoms with Gasteiger partial charge in [0.1, 0.15) is 17.3 Å². The number of hydrogen-bond donors (Lipinski definition) is 1. The fourth-order valence-corrected chi connectivity index (χ4v) is 3.76. The van der Waals surface area contributed by atoms with Crippen molar-refractivity contribution in [3.8, 4) is 27.9 Å². The van der Waals surface area contributed by atoms with Gasteiger partial charge < -0.3 is 14.8 Å². The number of aromatic nitrogens is 3. The van der Waals surface area contributed by atoms with Gasteiger partial charge in [0, 0.05) is 17.0 Å². The molecule has 0 unspecified atom stereocenters. The summed E-state index contributed by atoms with van der Waals surface area (Å²) in [4.78, 5) is 17.1. The second-order valence-electron chi connectivity index (χ2n) is 6.71. The molecule has 2 heterocycles. The van der Waals surface area contributed by atoms with Crippen LogP contribution in [0.2, 0.25) is 0 Å². The fourth-order valence-electron chi connectivity index (χ4n) is 2.96. The molecule has 4 rings (SSSR count). The van der Waals surface area contributed by atoms with Crippen LogP contribution in [-0.4, -0.2) is 33.9 Å². The van der Waals surface area contributed by atoms with E-state index in [4.69, 9.17) is 14.5 Å². The third-order valence-electron chi connectivity index (χ3n) is 4.35. The topological polar surface area (TPSA) is 78.3 Å². The summed E-state index contributed by atoms with van der Waals surface area (Å²) >= 11 is 1.45. The number of nitrogens with zero attached hydrogens (tertiary/aromatic N) is 3. The molecule has 0 radical (unpaired) electrons. The van der Waals surface area contributed by atoms with Gasteiger partial charge in [0.05, 0.1) is 18.0 Å². The first-order valence-corrected chi connectivity index (χ1v) is 10.7. The Kier molecular flexibility index (Phi) is 6.28. The molecule has 0 fully saturated rings. The maximum Gasteiger partial charge on any atom is 0.263 e. The number of thiazole rings is 1. The molecule has 2 aromatic carbocycles. The number of carbonyl (C=O) groups is 1. The SMILES string of the molecule is CCOc1ccc(-c2csc(-n3nc(C)cc3NC(=O)COc3ccccc3)n2)cc1. The van der Waals surface area contributed by atoms with E-state index >= 15 is 0 Å². The number of para-hydroxylation sites is 1. The van der Waals surface area contributed by atoms with Gasteiger partial charge in [-0.1, -0.05) is 18.2 Å². The van der Waals surface area contributed by atoms with Crippen LogP contribution in [0.3, 0.4) is 0 Å². The highest BCUT2D eigenvalue weighted by Gasteiger charge is 2.15. The van der Waals surface area contributed by atoms with Crippen LogP contribution in [0.4, 0.5) is 5.82 Å². The van der Waals surface area contributed by atoms with E-state index in [1.807, 2.05) is 61.7 Å². The molecule has 0 spiro atoms. The van der Waals surface area contributed by atoms with Crippen LogP contribution < -0.4 is 14.8 Å². The van der Waals surface area contributed by atoms with Gasteiger partial charge in [0.15, 0.2) is 6.61 Å². The lowest BCUT2D eigenvalue weighted by atomic mass is 10.2. The van der Waals surface area contributed by atoms with Crippen LogP contribution >= 0.6 is 11.3 Å². The Balaban J connectivity index is 1.47. The molecule has 8 heteroatoms. The van der Waals surface area contributed by atoms with Crippen LogP contribution in [0.15, 0.2) is 66.0 Å². The highest BCUT2D eigenvalue weighted by atomic mass is 32.1. The van der Waals surface area contributed by atoms with E-state index in [0.29, 0.717) is 23.3 Å². The number of nitrogens with one attached hydrogen (secondary N) is 1.